The first-order valence-corrected chi connectivity index (χ1v) is 6.31. The molecular formula is C14H16N2O4. The molecule has 106 valence electrons. The molecule has 0 bridgehead atoms. The normalized spacial score (nSPS) is 21.8. The summed E-state index contributed by atoms with van der Waals surface area (Å²) in [5, 5.41) is 2.69. The zero-order chi connectivity index (χ0) is 14.8. The number of nitrogens with one attached hydrogen (secondary N) is 1. The number of carbonyl (C=O) groups excluding carboxylic acids is 3. The van der Waals surface area contributed by atoms with E-state index in [0.29, 0.717) is 12.0 Å². The summed E-state index contributed by atoms with van der Waals surface area (Å²) >= 11 is 0. The highest BCUT2D eigenvalue weighted by molar-refractivity contribution is 6.09. The van der Waals surface area contributed by atoms with E-state index in [1.807, 2.05) is 13.0 Å². The first-order chi connectivity index (χ1) is 9.55. The standard InChI is InChI=1S/C14H16N2O4/c1-3-14(10-7-5-4-6-8-10)12(18)16(13(19)15-14)9-11(17)20-2/h4-8H,3,9H2,1-2H3,(H,15,19)/t14-/m0/s1. The van der Waals surface area contributed by atoms with Gasteiger partial charge in [0.25, 0.3) is 5.91 Å². The quantitative estimate of drug-likeness (QED) is 0.658. The second kappa shape index (κ2) is 5.32. The van der Waals surface area contributed by atoms with Gasteiger partial charge in [0, 0.05) is 0 Å². The van der Waals surface area contributed by atoms with Gasteiger partial charge in [-0.25, -0.2) is 4.79 Å². The Labute approximate surface area is 116 Å². The van der Waals surface area contributed by atoms with Crippen molar-refractivity contribution in [3.8, 4) is 0 Å². The van der Waals surface area contributed by atoms with Gasteiger partial charge in [0.1, 0.15) is 12.1 Å². The van der Waals surface area contributed by atoms with Gasteiger partial charge in [0.05, 0.1) is 7.11 Å². The summed E-state index contributed by atoms with van der Waals surface area (Å²) in [6, 6.07) is 8.42. The molecule has 0 spiro atoms. The Hall–Kier alpha value is -2.37. The summed E-state index contributed by atoms with van der Waals surface area (Å²) in [6.07, 6.45) is 0.402. The Morgan fingerprint density at radius 2 is 1.95 bits per heavy atom. The van der Waals surface area contributed by atoms with Crippen LogP contribution in [0.25, 0.3) is 0 Å². The molecule has 0 unspecified atom stereocenters. The van der Waals surface area contributed by atoms with Crippen molar-refractivity contribution in [3.63, 3.8) is 0 Å². The smallest absolute Gasteiger partial charge is 0.325 e. The molecule has 1 fully saturated rings. The fourth-order valence-corrected chi connectivity index (χ4v) is 2.33. The third-order valence-electron chi connectivity index (χ3n) is 3.49. The highest BCUT2D eigenvalue weighted by Crippen LogP contribution is 2.32. The van der Waals surface area contributed by atoms with Gasteiger partial charge >= 0.3 is 12.0 Å². The Balaban J connectivity index is 2.36. The zero-order valence-electron chi connectivity index (χ0n) is 11.4. The fourth-order valence-electron chi connectivity index (χ4n) is 2.33. The summed E-state index contributed by atoms with van der Waals surface area (Å²) in [6.45, 7) is 1.43. The topological polar surface area (TPSA) is 75.7 Å². The summed E-state index contributed by atoms with van der Waals surface area (Å²) in [5.74, 6) is -1.06. The number of esters is 1. The minimum atomic E-state index is -1.10. The molecule has 1 saturated heterocycles. The van der Waals surface area contributed by atoms with E-state index in [1.165, 1.54) is 7.11 Å². The molecule has 1 aromatic rings. The molecule has 20 heavy (non-hydrogen) atoms. The van der Waals surface area contributed by atoms with Crippen LogP contribution in [0.4, 0.5) is 4.79 Å². The molecule has 1 aromatic carbocycles. The van der Waals surface area contributed by atoms with Crippen LogP contribution in [0, 0.1) is 0 Å². The number of carbonyl (C=O) groups is 3. The van der Waals surface area contributed by atoms with Crippen molar-refractivity contribution in [1.29, 1.82) is 0 Å². The lowest BCUT2D eigenvalue weighted by molar-refractivity contribution is -0.145. The van der Waals surface area contributed by atoms with Crippen LogP contribution in [0.15, 0.2) is 30.3 Å². The van der Waals surface area contributed by atoms with Crippen molar-refractivity contribution >= 4 is 17.9 Å². The Morgan fingerprint density at radius 1 is 1.30 bits per heavy atom. The van der Waals surface area contributed by atoms with Gasteiger partial charge in [-0.15, -0.1) is 0 Å². The summed E-state index contributed by atoms with van der Waals surface area (Å²) in [4.78, 5) is 36.7. The number of rotatable bonds is 4. The van der Waals surface area contributed by atoms with Crippen molar-refractivity contribution in [2.45, 2.75) is 18.9 Å². The van der Waals surface area contributed by atoms with Crippen LogP contribution >= 0.6 is 0 Å². The predicted molar refractivity (Wildman–Crippen MR) is 70.7 cm³/mol. The van der Waals surface area contributed by atoms with E-state index < -0.39 is 23.4 Å². The maximum absolute atomic E-state index is 12.6. The van der Waals surface area contributed by atoms with Gasteiger partial charge in [-0.2, -0.15) is 0 Å². The number of amides is 3. The Morgan fingerprint density at radius 3 is 2.50 bits per heavy atom. The minimum absolute atomic E-state index is 0.379. The number of nitrogens with zero attached hydrogens (tertiary/aromatic N) is 1. The third-order valence-corrected chi connectivity index (χ3v) is 3.49. The molecular weight excluding hydrogens is 260 g/mol. The summed E-state index contributed by atoms with van der Waals surface area (Å²) in [7, 11) is 1.21. The molecule has 1 N–H and O–H groups in total. The van der Waals surface area contributed by atoms with E-state index in [9.17, 15) is 14.4 Å². The van der Waals surface area contributed by atoms with E-state index in [0.717, 1.165) is 4.90 Å². The van der Waals surface area contributed by atoms with Crippen LogP contribution in [-0.4, -0.2) is 36.5 Å². The largest absolute Gasteiger partial charge is 0.468 e. The van der Waals surface area contributed by atoms with Gasteiger partial charge < -0.3 is 10.1 Å². The fraction of sp³-hybridized carbons (Fsp3) is 0.357. The molecule has 0 radical (unpaired) electrons. The van der Waals surface area contributed by atoms with Gasteiger partial charge in [-0.3, -0.25) is 14.5 Å². The second-order valence-corrected chi connectivity index (χ2v) is 4.52. The molecule has 0 saturated carbocycles. The van der Waals surface area contributed by atoms with Crippen molar-refractivity contribution < 1.29 is 19.1 Å². The predicted octanol–water partition coefficient (Wildman–Crippen LogP) is 1.02. The van der Waals surface area contributed by atoms with Crippen molar-refractivity contribution in [2.75, 3.05) is 13.7 Å². The molecule has 0 aromatic heterocycles. The second-order valence-electron chi connectivity index (χ2n) is 4.52. The molecule has 1 atom stereocenters. The number of ether oxygens (including phenoxy) is 1. The van der Waals surface area contributed by atoms with Crippen LogP contribution in [0.3, 0.4) is 0 Å². The molecule has 2 rings (SSSR count). The van der Waals surface area contributed by atoms with Gasteiger partial charge in [-0.1, -0.05) is 37.3 Å². The van der Waals surface area contributed by atoms with Gasteiger partial charge in [0.2, 0.25) is 0 Å². The molecule has 1 heterocycles. The highest BCUT2D eigenvalue weighted by atomic mass is 16.5. The van der Waals surface area contributed by atoms with E-state index in [2.05, 4.69) is 10.1 Å². The number of methoxy groups -OCH3 is 1. The lowest BCUT2D eigenvalue weighted by atomic mass is 9.87. The number of hydrogen-bond donors (Lipinski definition) is 1. The summed E-state index contributed by atoms with van der Waals surface area (Å²) in [5.41, 5.74) is -0.403. The SMILES string of the molecule is CC[C@@]1(c2ccccc2)NC(=O)N(CC(=O)OC)C1=O. The van der Waals surface area contributed by atoms with Crippen LogP contribution < -0.4 is 5.32 Å². The maximum atomic E-state index is 12.6. The Bertz CT molecular complexity index is 543. The number of benzene rings is 1. The number of urea groups is 1. The third kappa shape index (κ3) is 2.13. The van der Waals surface area contributed by atoms with E-state index in [4.69, 9.17) is 0 Å². The monoisotopic (exact) mass is 276 g/mol. The molecule has 1 aliphatic heterocycles. The zero-order valence-corrected chi connectivity index (χ0v) is 11.4. The van der Waals surface area contributed by atoms with Crippen molar-refractivity contribution in [1.82, 2.24) is 10.2 Å². The molecule has 3 amide bonds. The molecule has 6 nitrogen and oxygen atoms in total. The summed E-state index contributed by atoms with van der Waals surface area (Å²) < 4.78 is 4.50. The van der Waals surface area contributed by atoms with Crippen LogP contribution in [0.5, 0.6) is 0 Å². The van der Waals surface area contributed by atoms with E-state index in [1.54, 1.807) is 24.3 Å². The van der Waals surface area contributed by atoms with Crippen LogP contribution in [-0.2, 0) is 19.9 Å². The Kier molecular flexibility index (Phi) is 3.74. The van der Waals surface area contributed by atoms with E-state index >= 15 is 0 Å². The number of imide groups is 1. The lowest BCUT2D eigenvalue weighted by Crippen LogP contribution is -2.43. The lowest BCUT2D eigenvalue weighted by Gasteiger charge is -2.25. The first kappa shape index (κ1) is 14.0. The maximum Gasteiger partial charge on any atom is 0.325 e. The van der Waals surface area contributed by atoms with Gasteiger partial charge in [0.15, 0.2) is 0 Å². The minimum Gasteiger partial charge on any atom is -0.468 e. The molecule has 0 aliphatic carbocycles. The number of hydrogen-bond acceptors (Lipinski definition) is 4. The van der Waals surface area contributed by atoms with Crippen LogP contribution in [0.2, 0.25) is 0 Å². The average molecular weight is 276 g/mol. The van der Waals surface area contributed by atoms with Gasteiger partial charge in [-0.05, 0) is 12.0 Å². The first-order valence-electron chi connectivity index (χ1n) is 6.31. The highest BCUT2D eigenvalue weighted by Gasteiger charge is 2.51. The van der Waals surface area contributed by atoms with Crippen molar-refractivity contribution in [3.05, 3.63) is 35.9 Å². The van der Waals surface area contributed by atoms with E-state index in [-0.39, 0.29) is 6.54 Å². The van der Waals surface area contributed by atoms with Crippen LogP contribution in [0.1, 0.15) is 18.9 Å². The molecule has 1 aliphatic rings. The average Bonchev–Trinajstić information content (AvgIpc) is 2.73. The van der Waals surface area contributed by atoms with Crippen molar-refractivity contribution in [2.24, 2.45) is 0 Å². The molecule has 6 heteroatoms.